The predicted octanol–water partition coefficient (Wildman–Crippen LogP) is 7.20. The molecule has 0 aliphatic carbocycles. The van der Waals surface area contributed by atoms with Crippen LogP contribution in [0.1, 0.15) is 17.0 Å². The molecule has 0 saturated heterocycles. The van der Waals surface area contributed by atoms with Crippen molar-refractivity contribution >= 4 is 12.2 Å². The zero-order chi connectivity index (χ0) is 20.3. The van der Waals surface area contributed by atoms with E-state index in [4.69, 9.17) is 4.42 Å². The first-order valence-electron chi connectivity index (χ1n) is 8.98. The van der Waals surface area contributed by atoms with Gasteiger partial charge < -0.3 is 4.42 Å². The average Bonchev–Trinajstić information content (AvgIpc) is 3.18. The molecule has 0 amide bonds. The van der Waals surface area contributed by atoms with E-state index in [0.717, 1.165) is 23.3 Å². The highest BCUT2D eigenvalue weighted by atomic mass is 19.4. The van der Waals surface area contributed by atoms with E-state index in [1.54, 1.807) is 18.2 Å². The van der Waals surface area contributed by atoms with Crippen LogP contribution in [0.4, 0.5) is 13.2 Å². The Labute approximate surface area is 166 Å². The fraction of sp³-hybridized carbons (Fsp3) is 0.0417. The normalized spacial score (nSPS) is 11.8. The van der Waals surface area contributed by atoms with E-state index in [0.29, 0.717) is 22.9 Å². The van der Waals surface area contributed by atoms with Crippen LogP contribution in [-0.4, -0.2) is 4.98 Å². The minimum absolute atomic E-state index is 0.320. The van der Waals surface area contributed by atoms with E-state index in [2.05, 4.69) is 4.98 Å². The van der Waals surface area contributed by atoms with Crippen molar-refractivity contribution in [1.29, 1.82) is 0 Å². The highest BCUT2D eigenvalue weighted by Gasteiger charge is 2.30. The summed E-state index contributed by atoms with van der Waals surface area (Å²) in [6.45, 7) is 0. The van der Waals surface area contributed by atoms with Crippen LogP contribution in [0.15, 0.2) is 89.3 Å². The predicted molar refractivity (Wildman–Crippen MR) is 108 cm³/mol. The number of halogens is 3. The fourth-order valence-electron chi connectivity index (χ4n) is 2.97. The van der Waals surface area contributed by atoms with Gasteiger partial charge in [-0.2, -0.15) is 13.2 Å². The van der Waals surface area contributed by atoms with Crippen LogP contribution in [0.25, 0.3) is 34.7 Å². The minimum atomic E-state index is -4.38. The summed E-state index contributed by atoms with van der Waals surface area (Å²) in [4.78, 5) is 4.57. The van der Waals surface area contributed by atoms with Gasteiger partial charge in [0.05, 0.1) is 5.56 Å². The average molecular weight is 391 g/mol. The van der Waals surface area contributed by atoms with Crippen molar-refractivity contribution in [3.63, 3.8) is 0 Å². The molecular formula is C24H16F3NO. The zero-order valence-electron chi connectivity index (χ0n) is 15.2. The molecule has 0 aliphatic heterocycles. The third-order valence-corrected chi connectivity index (χ3v) is 4.36. The van der Waals surface area contributed by atoms with Crippen molar-refractivity contribution in [2.24, 2.45) is 0 Å². The second-order valence-electron chi connectivity index (χ2n) is 6.42. The van der Waals surface area contributed by atoms with Crippen molar-refractivity contribution < 1.29 is 17.6 Å². The van der Waals surface area contributed by atoms with Crippen LogP contribution < -0.4 is 0 Å². The summed E-state index contributed by atoms with van der Waals surface area (Å²) in [6, 6.07) is 24.3. The molecule has 3 aromatic carbocycles. The largest absolute Gasteiger partial charge is 0.436 e. The van der Waals surface area contributed by atoms with Crippen LogP contribution in [-0.2, 0) is 6.18 Å². The SMILES string of the molecule is FC(F)(F)c1cccc(/C=C/c2nc(-c3ccccc3)c(-c3ccccc3)o2)c1. The number of aromatic nitrogens is 1. The molecule has 0 N–H and O–H groups in total. The molecule has 0 unspecified atom stereocenters. The van der Waals surface area contributed by atoms with E-state index in [9.17, 15) is 13.2 Å². The Kier molecular flexibility index (Phi) is 5.04. The summed E-state index contributed by atoms with van der Waals surface area (Å²) < 4.78 is 44.7. The van der Waals surface area contributed by atoms with E-state index in [-0.39, 0.29) is 0 Å². The van der Waals surface area contributed by atoms with Crippen LogP contribution in [0.3, 0.4) is 0 Å². The van der Waals surface area contributed by atoms with Crippen molar-refractivity contribution in [2.75, 3.05) is 0 Å². The van der Waals surface area contributed by atoms with Crippen molar-refractivity contribution in [2.45, 2.75) is 6.18 Å². The number of oxazole rings is 1. The van der Waals surface area contributed by atoms with Crippen LogP contribution in [0, 0.1) is 0 Å². The van der Waals surface area contributed by atoms with Crippen molar-refractivity contribution in [3.8, 4) is 22.6 Å². The maximum Gasteiger partial charge on any atom is 0.416 e. The summed E-state index contributed by atoms with van der Waals surface area (Å²) in [5.74, 6) is 0.931. The summed E-state index contributed by atoms with van der Waals surface area (Å²) in [5.41, 5.74) is 2.18. The monoisotopic (exact) mass is 391 g/mol. The van der Waals surface area contributed by atoms with Crippen molar-refractivity contribution in [1.82, 2.24) is 4.98 Å². The van der Waals surface area contributed by atoms with Gasteiger partial charge in [-0.05, 0) is 23.8 Å². The molecule has 0 radical (unpaired) electrons. The van der Waals surface area contributed by atoms with Gasteiger partial charge in [0.15, 0.2) is 5.76 Å². The molecule has 0 spiro atoms. The van der Waals surface area contributed by atoms with E-state index < -0.39 is 11.7 Å². The lowest BCUT2D eigenvalue weighted by Gasteiger charge is -2.06. The third kappa shape index (κ3) is 4.29. The van der Waals surface area contributed by atoms with Crippen LogP contribution in [0.5, 0.6) is 0 Å². The molecule has 144 valence electrons. The highest BCUT2D eigenvalue weighted by molar-refractivity contribution is 5.78. The standard InChI is InChI=1S/C24H16F3NO/c25-24(26,27)20-13-7-8-17(16-20)14-15-21-28-22(18-9-3-1-4-10-18)23(29-21)19-11-5-2-6-12-19/h1-16H/b15-14+. The third-order valence-electron chi connectivity index (χ3n) is 4.36. The maximum absolute atomic E-state index is 12.9. The lowest BCUT2D eigenvalue weighted by molar-refractivity contribution is -0.137. The van der Waals surface area contributed by atoms with Gasteiger partial charge in [-0.15, -0.1) is 0 Å². The maximum atomic E-state index is 12.9. The van der Waals surface area contributed by atoms with E-state index >= 15 is 0 Å². The molecule has 1 heterocycles. The number of alkyl halides is 3. The number of hydrogen-bond donors (Lipinski definition) is 0. The van der Waals surface area contributed by atoms with Crippen molar-refractivity contribution in [3.05, 3.63) is 102 Å². The molecule has 0 bridgehead atoms. The Morgan fingerprint density at radius 3 is 2.03 bits per heavy atom. The molecule has 29 heavy (non-hydrogen) atoms. The van der Waals surface area contributed by atoms with Crippen LogP contribution in [0.2, 0.25) is 0 Å². The van der Waals surface area contributed by atoms with Gasteiger partial charge in [0.2, 0.25) is 5.89 Å². The summed E-state index contributed by atoms with van der Waals surface area (Å²) in [6.07, 6.45) is -1.24. The van der Waals surface area contributed by atoms with Gasteiger partial charge in [-0.25, -0.2) is 4.98 Å². The number of nitrogens with zero attached hydrogens (tertiary/aromatic N) is 1. The molecule has 1 aromatic heterocycles. The smallest absolute Gasteiger partial charge is 0.416 e. The zero-order valence-corrected chi connectivity index (χ0v) is 15.2. The Morgan fingerprint density at radius 1 is 0.724 bits per heavy atom. The Morgan fingerprint density at radius 2 is 1.38 bits per heavy atom. The van der Waals surface area contributed by atoms with E-state index in [1.807, 2.05) is 60.7 Å². The second kappa shape index (κ2) is 7.80. The van der Waals surface area contributed by atoms with Gasteiger partial charge in [-0.3, -0.25) is 0 Å². The Hall–Kier alpha value is -3.60. The summed E-state index contributed by atoms with van der Waals surface area (Å²) in [5, 5.41) is 0. The number of hydrogen-bond acceptors (Lipinski definition) is 2. The van der Waals surface area contributed by atoms with E-state index in [1.165, 1.54) is 6.07 Å². The summed E-state index contributed by atoms with van der Waals surface area (Å²) >= 11 is 0. The molecule has 4 rings (SSSR count). The first kappa shape index (κ1) is 18.7. The molecule has 0 saturated carbocycles. The molecule has 0 fully saturated rings. The quantitative estimate of drug-likeness (QED) is 0.368. The number of benzene rings is 3. The molecule has 2 nitrogen and oxygen atoms in total. The second-order valence-corrected chi connectivity index (χ2v) is 6.42. The molecule has 0 atom stereocenters. The Bertz CT molecular complexity index is 1070. The highest BCUT2D eigenvalue weighted by Crippen LogP contribution is 2.33. The van der Waals surface area contributed by atoms with Crippen LogP contribution >= 0.6 is 0 Å². The Balaban J connectivity index is 1.72. The molecule has 5 heteroatoms. The minimum Gasteiger partial charge on any atom is -0.436 e. The first-order chi connectivity index (χ1) is 14.0. The lowest BCUT2D eigenvalue weighted by atomic mass is 10.1. The first-order valence-corrected chi connectivity index (χ1v) is 8.98. The lowest BCUT2D eigenvalue weighted by Crippen LogP contribution is -2.04. The van der Waals surface area contributed by atoms with Gasteiger partial charge in [0.1, 0.15) is 5.69 Å². The number of rotatable bonds is 4. The van der Waals surface area contributed by atoms with Gasteiger partial charge in [0.25, 0.3) is 0 Å². The molecule has 0 aliphatic rings. The fourth-order valence-corrected chi connectivity index (χ4v) is 2.97. The van der Waals surface area contributed by atoms with Gasteiger partial charge in [0, 0.05) is 17.2 Å². The van der Waals surface area contributed by atoms with Gasteiger partial charge >= 0.3 is 6.18 Å². The molecular weight excluding hydrogens is 375 g/mol. The molecule has 4 aromatic rings. The summed E-state index contributed by atoms with van der Waals surface area (Å²) in [7, 11) is 0. The topological polar surface area (TPSA) is 26.0 Å². The van der Waals surface area contributed by atoms with Gasteiger partial charge in [-0.1, -0.05) is 72.8 Å².